The largest absolute Gasteiger partial charge is 0.324 e. The molecule has 5 rings (SSSR count). The molecule has 0 aliphatic carbocycles. The maximum atomic E-state index is 6.12. The summed E-state index contributed by atoms with van der Waals surface area (Å²) in [5.41, 5.74) is 6.68. The molecule has 4 nitrogen and oxygen atoms in total. The number of halogens is 1. The Morgan fingerprint density at radius 1 is 0.800 bits per heavy atom. The maximum absolute atomic E-state index is 6.12. The van der Waals surface area contributed by atoms with Crippen molar-refractivity contribution in [3.63, 3.8) is 0 Å². The molecule has 1 aliphatic heterocycles. The molecule has 0 unspecified atom stereocenters. The Hall–Kier alpha value is -3.37. The number of rotatable bonds is 3. The molecule has 1 aromatic heterocycles. The third-order valence-electron chi connectivity index (χ3n) is 5.35. The minimum atomic E-state index is -0.0819. The van der Waals surface area contributed by atoms with Crippen molar-refractivity contribution in [2.75, 3.05) is 5.32 Å². The molecule has 1 atom stereocenters. The molecule has 0 bridgehead atoms. The molecular weight excluding hydrogens is 392 g/mol. The number of aromatic nitrogens is 3. The molecule has 2 heterocycles. The van der Waals surface area contributed by atoms with Gasteiger partial charge in [-0.1, -0.05) is 83.4 Å². The van der Waals surface area contributed by atoms with Crippen molar-refractivity contribution < 1.29 is 0 Å². The second-order valence-electron chi connectivity index (χ2n) is 7.64. The van der Waals surface area contributed by atoms with Crippen LogP contribution in [-0.4, -0.2) is 14.8 Å². The summed E-state index contributed by atoms with van der Waals surface area (Å²) in [5, 5.41) is 9.03. The van der Waals surface area contributed by atoms with Gasteiger partial charge in [-0.15, -0.1) is 5.10 Å². The molecule has 0 saturated heterocycles. The van der Waals surface area contributed by atoms with E-state index in [0.29, 0.717) is 5.82 Å². The standard InChI is InChI=1S/C25H21ClN4/c1-16-3-7-18(8-4-16)22-15-23(19-11-13-21(26)14-12-19)30-25(27-22)28-24(29-30)20-9-5-17(2)6-10-20/h3-15,23H,1-2H3,(H,27,28,29)/t23-/m0/s1. The second kappa shape index (κ2) is 7.47. The first-order chi connectivity index (χ1) is 14.6. The fourth-order valence-electron chi connectivity index (χ4n) is 3.62. The fraction of sp³-hybridized carbons (Fsp3) is 0.120. The summed E-state index contributed by atoms with van der Waals surface area (Å²) in [7, 11) is 0. The molecule has 3 aromatic carbocycles. The maximum Gasteiger partial charge on any atom is 0.227 e. The number of benzene rings is 3. The number of hydrogen-bond acceptors (Lipinski definition) is 3. The SMILES string of the molecule is Cc1ccc(C2=C[C@@H](c3ccc(Cl)cc3)n3nc(-c4ccc(C)cc4)nc3N2)cc1. The van der Waals surface area contributed by atoms with Gasteiger partial charge in [0.15, 0.2) is 5.82 Å². The van der Waals surface area contributed by atoms with Crippen LogP contribution in [-0.2, 0) is 0 Å². The number of nitrogens with one attached hydrogen (secondary N) is 1. The third-order valence-corrected chi connectivity index (χ3v) is 5.60. The average molecular weight is 413 g/mol. The van der Waals surface area contributed by atoms with Gasteiger partial charge in [0.1, 0.15) is 6.04 Å². The smallest absolute Gasteiger partial charge is 0.227 e. The Labute approximate surface area is 180 Å². The lowest BCUT2D eigenvalue weighted by Crippen LogP contribution is -2.20. The van der Waals surface area contributed by atoms with Crippen LogP contribution in [0.4, 0.5) is 5.95 Å². The zero-order valence-corrected chi connectivity index (χ0v) is 17.6. The number of fused-ring (bicyclic) bond motifs is 1. The zero-order valence-electron chi connectivity index (χ0n) is 16.8. The number of hydrogen-bond donors (Lipinski definition) is 1. The van der Waals surface area contributed by atoms with Gasteiger partial charge < -0.3 is 5.32 Å². The third kappa shape index (κ3) is 3.51. The van der Waals surface area contributed by atoms with Gasteiger partial charge in [-0.05, 0) is 43.2 Å². The van der Waals surface area contributed by atoms with Crippen LogP contribution in [0.3, 0.4) is 0 Å². The van der Waals surface area contributed by atoms with Crippen LogP contribution in [0.2, 0.25) is 5.02 Å². The molecule has 4 aromatic rings. The molecule has 30 heavy (non-hydrogen) atoms. The highest BCUT2D eigenvalue weighted by Crippen LogP contribution is 2.34. The van der Waals surface area contributed by atoms with Crippen LogP contribution < -0.4 is 5.32 Å². The Bertz CT molecular complexity index is 1220. The molecule has 0 saturated carbocycles. The highest BCUT2D eigenvalue weighted by Gasteiger charge is 2.25. The van der Waals surface area contributed by atoms with E-state index < -0.39 is 0 Å². The zero-order chi connectivity index (χ0) is 20.7. The molecular formula is C25H21ClN4. The molecule has 0 radical (unpaired) electrons. The van der Waals surface area contributed by atoms with E-state index in [-0.39, 0.29) is 6.04 Å². The quantitative estimate of drug-likeness (QED) is 0.431. The monoisotopic (exact) mass is 412 g/mol. The van der Waals surface area contributed by atoms with E-state index in [1.54, 1.807) is 0 Å². The topological polar surface area (TPSA) is 42.7 Å². The number of nitrogens with zero attached hydrogens (tertiary/aromatic N) is 3. The normalized spacial score (nSPS) is 15.3. The van der Waals surface area contributed by atoms with Crippen molar-refractivity contribution >= 4 is 23.2 Å². The van der Waals surface area contributed by atoms with E-state index >= 15 is 0 Å². The Balaban J connectivity index is 1.61. The van der Waals surface area contributed by atoms with Gasteiger partial charge in [-0.25, -0.2) is 4.68 Å². The van der Waals surface area contributed by atoms with E-state index in [1.165, 1.54) is 11.1 Å². The lowest BCUT2D eigenvalue weighted by molar-refractivity contribution is 0.613. The van der Waals surface area contributed by atoms with Crippen molar-refractivity contribution in [1.82, 2.24) is 14.8 Å². The van der Waals surface area contributed by atoms with Gasteiger partial charge in [-0.2, -0.15) is 4.98 Å². The summed E-state index contributed by atoms with van der Waals surface area (Å²) in [6.45, 7) is 4.17. The first kappa shape index (κ1) is 18.6. The number of aryl methyl sites for hydroxylation is 2. The van der Waals surface area contributed by atoms with Crippen LogP contribution in [0, 0.1) is 13.8 Å². The summed E-state index contributed by atoms with van der Waals surface area (Å²) < 4.78 is 1.94. The van der Waals surface area contributed by atoms with Gasteiger partial charge in [0.25, 0.3) is 0 Å². The molecule has 0 fully saturated rings. The molecule has 148 valence electrons. The van der Waals surface area contributed by atoms with E-state index in [9.17, 15) is 0 Å². The Morgan fingerprint density at radius 2 is 1.40 bits per heavy atom. The lowest BCUT2D eigenvalue weighted by Gasteiger charge is -2.24. The first-order valence-electron chi connectivity index (χ1n) is 9.92. The summed E-state index contributed by atoms with van der Waals surface area (Å²) in [5.74, 6) is 1.43. The van der Waals surface area contributed by atoms with Crippen LogP contribution in [0.1, 0.15) is 28.3 Å². The van der Waals surface area contributed by atoms with Crippen LogP contribution in [0.15, 0.2) is 78.9 Å². The highest BCUT2D eigenvalue weighted by molar-refractivity contribution is 6.30. The summed E-state index contributed by atoms with van der Waals surface area (Å²) in [4.78, 5) is 4.81. The first-order valence-corrected chi connectivity index (χ1v) is 10.3. The molecule has 5 heteroatoms. The fourth-order valence-corrected chi connectivity index (χ4v) is 3.74. The van der Waals surface area contributed by atoms with Gasteiger partial charge in [0.05, 0.1) is 0 Å². The van der Waals surface area contributed by atoms with Gasteiger partial charge >= 0.3 is 0 Å². The summed E-state index contributed by atoms with van der Waals surface area (Å²) >= 11 is 6.12. The summed E-state index contributed by atoms with van der Waals surface area (Å²) in [6, 6.07) is 24.6. The molecule has 1 N–H and O–H groups in total. The van der Waals surface area contributed by atoms with Gasteiger partial charge in [0.2, 0.25) is 5.95 Å². The number of anilines is 1. The molecule has 1 aliphatic rings. The highest BCUT2D eigenvalue weighted by atomic mass is 35.5. The minimum absolute atomic E-state index is 0.0819. The van der Waals surface area contributed by atoms with E-state index in [0.717, 1.165) is 33.4 Å². The van der Waals surface area contributed by atoms with Crippen molar-refractivity contribution in [3.05, 3.63) is 106 Å². The van der Waals surface area contributed by atoms with Crippen LogP contribution in [0.5, 0.6) is 0 Å². The average Bonchev–Trinajstić information content (AvgIpc) is 3.19. The summed E-state index contributed by atoms with van der Waals surface area (Å²) in [6.07, 6.45) is 2.19. The number of allylic oxidation sites excluding steroid dienone is 1. The van der Waals surface area contributed by atoms with E-state index in [4.69, 9.17) is 21.7 Å². The van der Waals surface area contributed by atoms with Crippen molar-refractivity contribution in [1.29, 1.82) is 0 Å². The van der Waals surface area contributed by atoms with Crippen LogP contribution >= 0.6 is 11.6 Å². The van der Waals surface area contributed by atoms with E-state index in [2.05, 4.69) is 73.8 Å². The van der Waals surface area contributed by atoms with Crippen molar-refractivity contribution in [2.45, 2.75) is 19.9 Å². The minimum Gasteiger partial charge on any atom is -0.324 e. The molecule has 0 amide bonds. The second-order valence-corrected chi connectivity index (χ2v) is 8.07. The molecule has 0 spiro atoms. The van der Waals surface area contributed by atoms with Crippen molar-refractivity contribution in [2.24, 2.45) is 0 Å². The predicted molar refractivity (Wildman–Crippen MR) is 123 cm³/mol. The van der Waals surface area contributed by atoms with Gasteiger partial charge in [-0.3, -0.25) is 0 Å². The Kier molecular flexibility index (Phi) is 4.64. The predicted octanol–water partition coefficient (Wildman–Crippen LogP) is 6.27. The van der Waals surface area contributed by atoms with Gasteiger partial charge in [0, 0.05) is 16.3 Å². The van der Waals surface area contributed by atoms with E-state index in [1.807, 2.05) is 28.9 Å². The van der Waals surface area contributed by atoms with Crippen molar-refractivity contribution in [3.8, 4) is 11.4 Å². The lowest BCUT2D eigenvalue weighted by atomic mass is 10.0. The van der Waals surface area contributed by atoms with Crippen LogP contribution in [0.25, 0.3) is 17.1 Å². The Morgan fingerprint density at radius 3 is 2.03 bits per heavy atom.